The van der Waals surface area contributed by atoms with Crippen LogP contribution in [0.1, 0.15) is 16.8 Å². The Morgan fingerprint density at radius 1 is 0.978 bits per heavy atom. The average Bonchev–Trinajstić information content (AvgIpc) is 3.55. The summed E-state index contributed by atoms with van der Waals surface area (Å²) >= 11 is 1.17. The normalized spacial score (nSPS) is 12.5. The number of carbonyl (C=O) groups is 1. The number of fused-ring (bicyclic) bond motifs is 1. The quantitative estimate of drug-likeness (QED) is 0.193. The van der Waals surface area contributed by atoms with Crippen molar-refractivity contribution in [2.75, 3.05) is 6.61 Å². The molecular weight excluding hydrogens is 672 g/mol. The molecule has 3 N–H and O–H groups in total. The summed E-state index contributed by atoms with van der Waals surface area (Å²) in [6.07, 6.45) is 0. The van der Waals surface area contributed by atoms with E-state index in [0.29, 0.717) is 23.4 Å². The maximum Gasteiger partial charge on any atom is 0.386 e. The number of pyridine rings is 1. The van der Waals surface area contributed by atoms with Crippen molar-refractivity contribution in [2.45, 2.75) is 23.2 Å². The summed E-state index contributed by atoms with van der Waals surface area (Å²) in [4.78, 5) is 14.9. The highest BCUT2D eigenvalue weighted by molar-refractivity contribution is 7.89. The summed E-state index contributed by atoms with van der Waals surface area (Å²) in [6, 6.07) is 15.9. The van der Waals surface area contributed by atoms with Crippen molar-refractivity contribution in [2.24, 2.45) is 5.14 Å². The van der Waals surface area contributed by atoms with E-state index in [9.17, 15) is 34.8 Å². The molecule has 2 heterocycles. The fraction of sp³-hybridized carbons (Fsp3) is 0.143. The Kier molecular flexibility index (Phi) is 9.09. The van der Waals surface area contributed by atoms with Crippen molar-refractivity contribution in [3.8, 4) is 17.0 Å². The Morgan fingerprint density at radius 3 is 2.28 bits per heavy atom. The minimum atomic E-state index is -5.52. The number of ether oxygens (including phenoxy) is 1. The van der Waals surface area contributed by atoms with E-state index in [1.165, 1.54) is 47.9 Å². The first-order valence-electron chi connectivity index (χ1n) is 13.0. The van der Waals surface area contributed by atoms with Gasteiger partial charge in [0.25, 0.3) is 10.0 Å². The molecule has 0 fully saturated rings. The molecule has 0 unspecified atom stereocenters. The van der Waals surface area contributed by atoms with Gasteiger partial charge >= 0.3 is 11.2 Å². The Hall–Kier alpha value is -4.49. The first kappa shape index (κ1) is 32.9. The zero-order valence-corrected chi connectivity index (χ0v) is 25.7. The molecule has 2 aromatic heterocycles. The van der Waals surface area contributed by atoms with Crippen LogP contribution in [-0.2, 0) is 43.2 Å². The van der Waals surface area contributed by atoms with Crippen molar-refractivity contribution in [3.05, 3.63) is 101 Å². The zero-order chi connectivity index (χ0) is 33.3. The second kappa shape index (κ2) is 12.7. The topological polar surface area (TPSA) is 183 Å². The number of nitrogens with two attached hydrogens (primary N) is 1. The fourth-order valence-electron chi connectivity index (χ4n) is 4.33. The lowest BCUT2D eigenvalue weighted by atomic mass is 10.1. The lowest BCUT2D eigenvalue weighted by molar-refractivity contribution is -0.139. The number of halogens is 3. The number of carboxylic acids is 1. The molecule has 5 aromatic rings. The van der Waals surface area contributed by atoms with Crippen LogP contribution in [0.25, 0.3) is 22.2 Å². The molecule has 0 aliphatic heterocycles. The summed E-state index contributed by atoms with van der Waals surface area (Å²) < 4.78 is 104. The molecular formula is C28H22F3N5O7S3. The molecule has 3 aromatic carbocycles. The second-order valence-corrected chi connectivity index (χ2v) is 14.0. The Balaban J connectivity index is 1.51. The zero-order valence-electron chi connectivity index (χ0n) is 23.2. The van der Waals surface area contributed by atoms with Crippen LogP contribution in [0.3, 0.4) is 0 Å². The molecule has 0 spiro atoms. The largest absolute Gasteiger partial charge is 0.482 e. The van der Waals surface area contributed by atoms with Crippen molar-refractivity contribution in [3.63, 3.8) is 0 Å². The molecule has 0 amide bonds. The molecule has 0 bridgehead atoms. The number of nitrogens with zero attached hydrogens (tertiary/aromatic N) is 4. The summed E-state index contributed by atoms with van der Waals surface area (Å²) in [7, 11) is -9.81. The molecule has 18 heteroatoms. The van der Waals surface area contributed by atoms with Crippen LogP contribution in [0.15, 0.2) is 83.1 Å². The molecule has 0 aliphatic rings. The Bertz CT molecular complexity index is 2120. The number of alkyl halides is 2. The molecule has 5 rings (SSSR count). The lowest BCUT2D eigenvalue weighted by Crippen LogP contribution is -2.33. The van der Waals surface area contributed by atoms with Crippen molar-refractivity contribution in [1.29, 1.82) is 0 Å². The van der Waals surface area contributed by atoms with Crippen molar-refractivity contribution in [1.82, 2.24) is 18.9 Å². The third-order valence-corrected chi connectivity index (χ3v) is 9.88. The van der Waals surface area contributed by atoms with E-state index in [4.69, 9.17) is 9.84 Å². The lowest BCUT2D eigenvalue weighted by Gasteiger charge is -2.23. The van der Waals surface area contributed by atoms with Crippen molar-refractivity contribution >= 4 is 48.5 Å². The van der Waals surface area contributed by atoms with Gasteiger partial charge in [0, 0.05) is 22.9 Å². The highest BCUT2D eigenvalue weighted by Gasteiger charge is 2.46. The minimum absolute atomic E-state index is 0.0497. The van der Waals surface area contributed by atoms with E-state index < -0.39 is 49.3 Å². The van der Waals surface area contributed by atoms with Gasteiger partial charge in [0.15, 0.2) is 6.61 Å². The predicted molar refractivity (Wildman–Crippen MR) is 160 cm³/mol. The number of rotatable bonds is 12. The number of hydrogen-bond donors (Lipinski definition) is 2. The molecule has 46 heavy (non-hydrogen) atoms. The van der Waals surface area contributed by atoms with Crippen molar-refractivity contribution < 1.29 is 44.6 Å². The highest BCUT2D eigenvalue weighted by Crippen LogP contribution is 2.36. The van der Waals surface area contributed by atoms with E-state index >= 15 is 0 Å². The van der Waals surface area contributed by atoms with Crippen LogP contribution in [0, 0.1) is 5.82 Å². The van der Waals surface area contributed by atoms with Gasteiger partial charge in [-0.1, -0.05) is 34.8 Å². The number of aliphatic carboxylic acids is 1. The van der Waals surface area contributed by atoms with Crippen LogP contribution in [-0.4, -0.2) is 53.4 Å². The first-order valence-corrected chi connectivity index (χ1v) is 16.8. The SMILES string of the molecule is NS(=O)(=O)C(F)(F)c1cc2nc(CN(Cc3ccc(-c4csnn4)cc3)S(=O)(=O)c3ccc(OCC(=O)O)cc3)ccc2cc1F. The van der Waals surface area contributed by atoms with Gasteiger partial charge in [0.05, 0.1) is 28.2 Å². The van der Waals surface area contributed by atoms with Crippen LogP contribution >= 0.6 is 11.5 Å². The fourth-order valence-corrected chi connectivity index (χ4v) is 6.66. The van der Waals surface area contributed by atoms with Gasteiger partial charge in [0.2, 0.25) is 10.0 Å². The van der Waals surface area contributed by atoms with Gasteiger partial charge < -0.3 is 9.84 Å². The van der Waals surface area contributed by atoms with Crippen LogP contribution in [0.2, 0.25) is 0 Å². The average molecular weight is 694 g/mol. The van der Waals surface area contributed by atoms with Gasteiger partial charge in [-0.15, -0.1) is 5.10 Å². The summed E-state index contributed by atoms with van der Waals surface area (Å²) in [5.41, 5.74) is 0.289. The standard InChI is InChI=1S/C28H22F3N5O7S3/c29-24-11-19-5-6-20(33-25(19)12-23(24)28(30,31)46(32,41)42)14-36(13-17-1-3-18(4-2-17)26-16-44-35-34-26)45(39,40)22-9-7-21(8-10-22)43-15-27(37)38/h1-12,16H,13-15H2,(H,37,38)(H2,32,41,42). The minimum Gasteiger partial charge on any atom is -0.482 e. The molecule has 0 saturated carbocycles. The summed E-state index contributed by atoms with van der Waals surface area (Å²) in [6.45, 7) is -1.19. The molecule has 240 valence electrons. The highest BCUT2D eigenvalue weighted by atomic mass is 32.2. The van der Waals surface area contributed by atoms with E-state index in [1.807, 2.05) is 0 Å². The van der Waals surface area contributed by atoms with Gasteiger partial charge in [-0.05, 0) is 59.6 Å². The molecule has 12 nitrogen and oxygen atoms in total. The van der Waals surface area contributed by atoms with Gasteiger partial charge in [0.1, 0.15) is 17.3 Å². The number of benzene rings is 3. The Labute approximate surface area is 264 Å². The maximum absolute atomic E-state index is 14.5. The number of primary sulfonamides is 1. The van der Waals surface area contributed by atoms with Crippen LogP contribution in [0.4, 0.5) is 13.2 Å². The first-order chi connectivity index (χ1) is 21.6. The van der Waals surface area contributed by atoms with E-state index in [2.05, 4.69) is 19.7 Å². The van der Waals surface area contributed by atoms with Crippen LogP contribution < -0.4 is 9.88 Å². The van der Waals surface area contributed by atoms with E-state index in [0.717, 1.165) is 9.87 Å². The van der Waals surface area contributed by atoms with E-state index in [1.54, 1.807) is 29.6 Å². The number of aromatic nitrogens is 3. The summed E-state index contributed by atoms with van der Waals surface area (Å²) in [5.74, 6) is -2.61. The number of carboxylic acid groups (broad SMARTS) is 1. The van der Waals surface area contributed by atoms with E-state index in [-0.39, 0.29) is 40.3 Å². The number of hydrogen-bond acceptors (Lipinski definition) is 10. The number of sulfonamides is 2. The smallest absolute Gasteiger partial charge is 0.386 e. The van der Waals surface area contributed by atoms with Gasteiger partial charge in [-0.2, -0.15) is 13.1 Å². The monoisotopic (exact) mass is 693 g/mol. The van der Waals surface area contributed by atoms with Gasteiger partial charge in [-0.3, -0.25) is 4.98 Å². The molecule has 0 radical (unpaired) electrons. The molecule has 0 atom stereocenters. The third-order valence-electron chi connectivity index (χ3n) is 6.64. The second-order valence-electron chi connectivity index (χ2n) is 9.80. The molecule has 0 aliphatic carbocycles. The predicted octanol–water partition coefficient (Wildman–Crippen LogP) is 4.08. The summed E-state index contributed by atoms with van der Waals surface area (Å²) in [5, 5.41) is 14.5. The Morgan fingerprint density at radius 2 is 1.67 bits per heavy atom. The van der Waals surface area contributed by atoms with Crippen LogP contribution in [0.5, 0.6) is 5.75 Å². The third kappa shape index (κ3) is 7.00. The maximum atomic E-state index is 14.5. The molecule has 0 saturated heterocycles. The van der Waals surface area contributed by atoms with Gasteiger partial charge in [-0.25, -0.2) is 31.2 Å².